The zero-order chi connectivity index (χ0) is 23.3. The van der Waals surface area contributed by atoms with Gasteiger partial charge in [0.2, 0.25) is 11.7 Å². The summed E-state index contributed by atoms with van der Waals surface area (Å²) < 4.78 is 7.52. The second-order valence-corrected chi connectivity index (χ2v) is 7.79. The third-order valence-corrected chi connectivity index (χ3v) is 5.43. The highest BCUT2D eigenvalue weighted by atomic mass is 16.5. The summed E-state index contributed by atoms with van der Waals surface area (Å²) in [4.78, 5) is 28.7. The lowest BCUT2D eigenvalue weighted by Gasteiger charge is -2.07. The van der Waals surface area contributed by atoms with Crippen LogP contribution in [-0.2, 0) is 11.8 Å². The average molecular weight is 441 g/mol. The molecule has 0 unspecified atom stereocenters. The van der Waals surface area contributed by atoms with Gasteiger partial charge in [-0.1, -0.05) is 12.1 Å². The van der Waals surface area contributed by atoms with Crippen LogP contribution in [0.2, 0.25) is 0 Å². The molecule has 1 aliphatic rings. The number of Topliss-reactive ketones (excluding diaryl/α,β-unsaturated/α-hetero) is 1. The number of hydrogen-bond acceptors (Lipinski definition) is 6. The molecule has 3 N–H and O–H groups in total. The number of phenols is 2. The topological polar surface area (TPSA) is 114 Å². The van der Waals surface area contributed by atoms with Crippen molar-refractivity contribution in [3.63, 3.8) is 0 Å². The van der Waals surface area contributed by atoms with Crippen molar-refractivity contribution in [2.45, 2.75) is 6.92 Å². The molecular weight excluding hydrogens is 422 g/mol. The minimum absolute atomic E-state index is 0.0196. The predicted octanol–water partition coefficient (Wildman–Crippen LogP) is 4.23. The predicted molar refractivity (Wildman–Crippen MR) is 123 cm³/mol. The number of rotatable bonds is 3. The lowest BCUT2D eigenvalue weighted by molar-refractivity contribution is -0.114. The van der Waals surface area contributed by atoms with E-state index < -0.39 is 5.78 Å². The van der Waals surface area contributed by atoms with Crippen LogP contribution in [0.15, 0.2) is 60.6 Å². The SMILES string of the molecule is CC(=O)Nc1ccc(-c2ccnc3c2c(C=C2Oc4cc(O)cc(O)c4C2=O)cn3C)cc1. The summed E-state index contributed by atoms with van der Waals surface area (Å²) in [6, 6.07) is 11.7. The van der Waals surface area contributed by atoms with Gasteiger partial charge in [0.1, 0.15) is 28.5 Å². The number of carbonyl (C=O) groups excluding carboxylic acids is 2. The quantitative estimate of drug-likeness (QED) is 0.410. The smallest absolute Gasteiger partial charge is 0.235 e. The first-order valence-corrected chi connectivity index (χ1v) is 10.1. The first-order chi connectivity index (χ1) is 15.8. The molecule has 0 aliphatic carbocycles. The molecule has 2 aromatic carbocycles. The monoisotopic (exact) mass is 441 g/mol. The number of benzene rings is 2. The van der Waals surface area contributed by atoms with E-state index in [1.54, 1.807) is 12.3 Å². The van der Waals surface area contributed by atoms with Gasteiger partial charge in [-0.3, -0.25) is 9.59 Å². The second-order valence-electron chi connectivity index (χ2n) is 7.79. The van der Waals surface area contributed by atoms with Gasteiger partial charge < -0.3 is 24.8 Å². The van der Waals surface area contributed by atoms with Gasteiger partial charge in [-0.25, -0.2) is 4.98 Å². The molecule has 1 amide bonds. The van der Waals surface area contributed by atoms with Gasteiger partial charge in [-0.05, 0) is 35.4 Å². The fourth-order valence-electron chi connectivity index (χ4n) is 4.04. The van der Waals surface area contributed by atoms with Gasteiger partial charge >= 0.3 is 0 Å². The van der Waals surface area contributed by atoms with Gasteiger partial charge in [0.25, 0.3) is 0 Å². The summed E-state index contributed by atoms with van der Waals surface area (Å²) in [5.41, 5.74) is 3.94. The molecular formula is C25H19N3O5. The largest absolute Gasteiger partial charge is 0.508 e. The minimum atomic E-state index is -0.468. The number of aromatic hydroxyl groups is 2. The number of allylic oxidation sites excluding steroid dienone is 1. The summed E-state index contributed by atoms with van der Waals surface area (Å²) in [7, 11) is 1.86. The summed E-state index contributed by atoms with van der Waals surface area (Å²) in [5.74, 6) is -1.00. The van der Waals surface area contributed by atoms with E-state index in [4.69, 9.17) is 4.74 Å². The molecule has 0 radical (unpaired) electrons. The lowest BCUT2D eigenvalue weighted by Crippen LogP contribution is -2.05. The molecule has 4 aromatic rings. The number of hydrogen-bond donors (Lipinski definition) is 3. The molecule has 5 rings (SSSR count). The molecule has 0 fully saturated rings. The van der Waals surface area contributed by atoms with Gasteiger partial charge in [-0.2, -0.15) is 0 Å². The Balaban J connectivity index is 1.62. The van der Waals surface area contributed by atoms with Gasteiger partial charge in [0.05, 0.1) is 0 Å². The molecule has 164 valence electrons. The maximum absolute atomic E-state index is 12.9. The standard InChI is InChI=1S/C25H19N3O5/c1-13(29)27-16-5-3-14(4-6-16)18-7-8-26-25-22(18)15(12-28(25)2)9-21-24(32)23-19(31)10-17(30)11-20(23)33-21/h3-12,30-31H,1-2H3,(H,27,29). The number of aromatic nitrogens is 2. The number of anilines is 1. The highest BCUT2D eigenvalue weighted by Gasteiger charge is 2.31. The number of pyridine rings is 1. The fraction of sp³-hybridized carbons (Fsp3) is 0.0800. The van der Waals surface area contributed by atoms with Crippen LogP contribution in [-0.4, -0.2) is 31.5 Å². The summed E-state index contributed by atoms with van der Waals surface area (Å²) in [6.07, 6.45) is 5.17. The van der Waals surface area contributed by atoms with Crippen LogP contribution < -0.4 is 10.1 Å². The van der Waals surface area contributed by atoms with Gasteiger partial charge in [0, 0.05) is 55.1 Å². The molecule has 0 bridgehead atoms. The second kappa shape index (κ2) is 7.52. The molecule has 8 nitrogen and oxygen atoms in total. The molecule has 0 atom stereocenters. The number of amides is 1. The molecule has 0 spiro atoms. The third kappa shape index (κ3) is 3.47. The summed E-state index contributed by atoms with van der Waals surface area (Å²) >= 11 is 0. The number of phenolic OH excluding ortho intramolecular Hbond substituents is 2. The number of ether oxygens (including phenoxy) is 1. The van der Waals surface area contributed by atoms with Crippen molar-refractivity contribution in [3.8, 4) is 28.4 Å². The maximum atomic E-state index is 12.9. The van der Waals surface area contributed by atoms with Gasteiger partial charge in [0.15, 0.2) is 5.76 Å². The van der Waals surface area contributed by atoms with Crippen LogP contribution in [0.25, 0.3) is 28.2 Å². The number of nitrogens with zero attached hydrogens (tertiary/aromatic N) is 2. The van der Waals surface area contributed by atoms with Gasteiger partial charge in [-0.15, -0.1) is 0 Å². The first-order valence-electron chi connectivity index (χ1n) is 10.1. The Bertz CT molecular complexity index is 1480. The Morgan fingerprint density at radius 2 is 1.91 bits per heavy atom. The Hall–Kier alpha value is -4.59. The van der Waals surface area contributed by atoms with E-state index in [0.717, 1.165) is 22.6 Å². The van der Waals surface area contributed by atoms with Crippen molar-refractivity contribution in [1.82, 2.24) is 9.55 Å². The van der Waals surface area contributed by atoms with E-state index in [0.29, 0.717) is 16.9 Å². The fourth-order valence-corrected chi connectivity index (χ4v) is 4.04. The number of fused-ring (bicyclic) bond motifs is 2. The van der Waals surface area contributed by atoms with E-state index >= 15 is 0 Å². The summed E-state index contributed by atoms with van der Waals surface area (Å²) in [5, 5.41) is 23.4. The third-order valence-electron chi connectivity index (χ3n) is 5.43. The highest BCUT2D eigenvalue weighted by Crippen LogP contribution is 2.41. The average Bonchev–Trinajstić information content (AvgIpc) is 3.25. The van der Waals surface area contributed by atoms with Crippen LogP contribution >= 0.6 is 0 Å². The Morgan fingerprint density at radius 3 is 2.64 bits per heavy atom. The zero-order valence-electron chi connectivity index (χ0n) is 17.8. The van der Waals surface area contributed by atoms with E-state index in [1.165, 1.54) is 13.0 Å². The van der Waals surface area contributed by atoms with Crippen LogP contribution in [0.1, 0.15) is 22.8 Å². The van der Waals surface area contributed by atoms with Crippen molar-refractivity contribution < 1.29 is 24.5 Å². The summed E-state index contributed by atoms with van der Waals surface area (Å²) in [6.45, 7) is 1.45. The number of nitrogens with one attached hydrogen (secondary N) is 1. The molecule has 3 heterocycles. The Kier molecular flexibility index (Phi) is 4.63. The Morgan fingerprint density at radius 1 is 1.15 bits per heavy atom. The highest BCUT2D eigenvalue weighted by molar-refractivity contribution is 6.17. The van der Waals surface area contributed by atoms with Crippen LogP contribution in [0.4, 0.5) is 5.69 Å². The normalized spacial score (nSPS) is 13.9. The molecule has 0 saturated carbocycles. The number of ketones is 1. The van der Waals surface area contributed by atoms with Crippen molar-refractivity contribution in [3.05, 3.63) is 71.7 Å². The van der Waals surface area contributed by atoms with Crippen molar-refractivity contribution in [1.29, 1.82) is 0 Å². The maximum Gasteiger partial charge on any atom is 0.235 e. The van der Waals surface area contributed by atoms with Crippen molar-refractivity contribution in [2.75, 3.05) is 5.32 Å². The van der Waals surface area contributed by atoms with E-state index in [2.05, 4.69) is 10.3 Å². The van der Waals surface area contributed by atoms with Crippen LogP contribution in [0.3, 0.4) is 0 Å². The molecule has 1 aliphatic heterocycles. The number of aryl methyl sites for hydroxylation is 1. The molecule has 33 heavy (non-hydrogen) atoms. The Labute approximate surface area is 188 Å². The van der Waals surface area contributed by atoms with E-state index in [1.807, 2.05) is 48.1 Å². The molecule has 8 heteroatoms. The molecule has 0 saturated heterocycles. The van der Waals surface area contributed by atoms with E-state index in [-0.39, 0.29) is 34.5 Å². The van der Waals surface area contributed by atoms with Crippen molar-refractivity contribution >= 4 is 34.5 Å². The van der Waals surface area contributed by atoms with Crippen LogP contribution in [0, 0.1) is 0 Å². The number of carbonyl (C=O) groups is 2. The van der Waals surface area contributed by atoms with Crippen LogP contribution in [0.5, 0.6) is 17.2 Å². The zero-order valence-corrected chi connectivity index (χ0v) is 17.8. The minimum Gasteiger partial charge on any atom is -0.508 e. The lowest BCUT2D eigenvalue weighted by atomic mass is 10.00. The molecule has 2 aromatic heterocycles. The first kappa shape index (κ1) is 20.3. The van der Waals surface area contributed by atoms with E-state index in [9.17, 15) is 19.8 Å². The van der Waals surface area contributed by atoms with Crippen molar-refractivity contribution in [2.24, 2.45) is 7.05 Å².